The van der Waals surface area contributed by atoms with Gasteiger partial charge in [0.25, 0.3) is 0 Å². The van der Waals surface area contributed by atoms with Crippen LogP contribution in [0.15, 0.2) is 29.0 Å². The molecule has 2 aromatic heterocycles. The number of hydrogen-bond acceptors (Lipinski definition) is 6. The highest BCUT2D eigenvalue weighted by Gasteiger charge is 2.16. The largest absolute Gasteiger partial charge is 0.315 e. The topological polar surface area (TPSA) is 88.9 Å². The Balaban J connectivity index is 1.89. The first-order valence-corrected chi connectivity index (χ1v) is 9.08. The lowest BCUT2D eigenvalue weighted by atomic mass is 10.5. The number of thiazole rings is 1. The molecule has 2 rings (SSSR count). The molecule has 116 valence electrons. The molecule has 0 saturated carbocycles. The van der Waals surface area contributed by atoms with Crippen LogP contribution in [0.2, 0.25) is 0 Å². The van der Waals surface area contributed by atoms with Crippen LogP contribution >= 0.6 is 11.3 Å². The maximum absolute atomic E-state index is 12.1. The minimum Gasteiger partial charge on any atom is -0.315 e. The Bertz CT molecular complexity index is 636. The molecule has 2 aromatic rings. The van der Waals surface area contributed by atoms with Crippen molar-refractivity contribution in [3.8, 4) is 0 Å². The van der Waals surface area contributed by atoms with Gasteiger partial charge in [-0.25, -0.2) is 13.1 Å². The van der Waals surface area contributed by atoms with Gasteiger partial charge in [-0.3, -0.25) is 9.67 Å². The first kappa shape index (κ1) is 16.1. The van der Waals surface area contributed by atoms with Gasteiger partial charge < -0.3 is 5.32 Å². The lowest BCUT2D eigenvalue weighted by Crippen LogP contribution is -2.23. The standard InChI is InChI=1S/C12H19N5O2S2/c1-2-3-13-4-5-17-9-12(8-15-17)21(18,19)16-7-11-6-14-10-20-11/h6,8-10,13,16H,2-5,7H2,1H3. The molecule has 0 amide bonds. The molecule has 0 bridgehead atoms. The van der Waals surface area contributed by atoms with Crippen LogP contribution < -0.4 is 10.0 Å². The van der Waals surface area contributed by atoms with Crippen LogP contribution in [0.25, 0.3) is 0 Å². The minimum absolute atomic E-state index is 0.183. The van der Waals surface area contributed by atoms with Crippen LogP contribution in [0, 0.1) is 0 Å². The van der Waals surface area contributed by atoms with Crippen molar-refractivity contribution in [3.05, 3.63) is 29.0 Å². The summed E-state index contributed by atoms with van der Waals surface area (Å²) in [6, 6.07) is 0. The molecule has 0 aliphatic rings. The Morgan fingerprint density at radius 2 is 2.19 bits per heavy atom. The highest BCUT2D eigenvalue weighted by atomic mass is 32.2. The fourth-order valence-electron chi connectivity index (χ4n) is 1.68. The van der Waals surface area contributed by atoms with Gasteiger partial charge in [0.05, 0.1) is 18.3 Å². The monoisotopic (exact) mass is 329 g/mol. The second-order valence-corrected chi connectivity index (χ2v) is 7.22. The zero-order valence-corrected chi connectivity index (χ0v) is 13.5. The first-order valence-electron chi connectivity index (χ1n) is 6.72. The quantitative estimate of drug-likeness (QED) is 0.665. The van der Waals surface area contributed by atoms with Gasteiger partial charge in [-0.1, -0.05) is 6.92 Å². The third kappa shape index (κ3) is 4.88. The summed E-state index contributed by atoms with van der Waals surface area (Å²) in [6.45, 7) is 4.70. The molecule has 0 unspecified atom stereocenters. The number of nitrogens with zero attached hydrogens (tertiary/aromatic N) is 3. The van der Waals surface area contributed by atoms with Crippen molar-refractivity contribution >= 4 is 21.4 Å². The third-order valence-electron chi connectivity index (χ3n) is 2.78. The van der Waals surface area contributed by atoms with Crippen LogP contribution in [0.3, 0.4) is 0 Å². The lowest BCUT2D eigenvalue weighted by molar-refractivity contribution is 0.552. The molecule has 0 saturated heterocycles. The third-order valence-corrected chi connectivity index (χ3v) is 4.92. The Labute approximate surface area is 128 Å². The Morgan fingerprint density at radius 3 is 2.90 bits per heavy atom. The van der Waals surface area contributed by atoms with Gasteiger partial charge in [0.15, 0.2) is 0 Å². The Morgan fingerprint density at radius 1 is 1.33 bits per heavy atom. The Hall–Kier alpha value is -1.29. The molecular formula is C12H19N5O2S2. The van der Waals surface area contributed by atoms with Crippen LogP contribution in [0.4, 0.5) is 0 Å². The zero-order valence-electron chi connectivity index (χ0n) is 11.8. The molecule has 0 atom stereocenters. The molecule has 0 radical (unpaired) electrons. The SMILES string of the molecule is CCCNCCn1cc(S(=O)(=O)NCc2cncs2)cn1. The molecule has 0 spiro atoms. The minimum atomic E-state index is -3.53. The van der Waals surface area contributed by atoms with Crippen LogP contribution in [-0.2, 0) is 23.1 Å². The van der Waals surface area contributed by atoms with Crippen molar-refractivity contribution in [2.45, 2.75) is 31.3 Å². The maximum Gasteiger partial charge on any atom is 0.244 e. The predicted molar refractivity (Wildman–Crippen MR) is 81.5 cm³/mol. The van der Waals surface area contributed by atoms with Crippen molar-refractivity contribution in [2.75, 3.05) is 13.1 Å². The summed E-state index contributed by atoms with van der Waals surface area (Å²) in [7, 11) is -3.53. The molecule has 0 aliphatic carbocycles. The molecule has 0 fully saturated rings. The van der Waals surface area contributed by atoms with Gasteiger partial charge in [-0.05, 0) is 13.0 Å². The second-order valence-electron chi connectivity index (χ2n) is 4.48. The second kappa shape index (κ2) is 7.64. The van der Waals surface area contributed by atoms with Crippen molar-refractivity contribution < 1.29 is 8.42 Å². The number of sulfonamides is 1. The van der Waals surface area contributed by atoms with E-state index in [1.54, 1.807) is 22.6 Å². The number of nitrogens with one attached hydrogen (secondary N) is 2. The van der Waals surface area contributed by atoms with E-state index < -0.39 is 10.0 Å². The first-order chi connectivity index (χ1) is 10.1. The fraction of sp³-hybridized carbons (Fsp3) is 0.500. The zero-order chi connectivity index (χ0) is 15.1. The molecule has 9 heteroatoms. The van der Waals surface area contributed by atoms with Crippen LogP contribution in [0.1, 0.15) is 18.2 Å². The van der Waals surface area contributed by atoms with Crippen LogP contribution in [-0.4, -0.2) is 36.3 Å². The average Bonchev–Trinajstić information content (AvgIpc) is 3.13. The summed E-state index contributed by atoms with van der Waals surface area (Å²) in [5.74, 6) is 0. The molecule has 2 heterocycles. The smallest absolute Gasteiger partial charge is 0.244 e. The highest BCUT2D eigenvalue weighted by Crippen LogP contribution is 2.10. The van der Waals surface area contributed by atoms with Gasteiger partial charge in [0.2, 0.25) is 10.0 Å². The number of aromatic nitrogens is 3. The molecule has 0 aromatic carbocycles. The van der Waals surface area contributed by atoms with E-state index in [0.717, 1.165) is 24.4 Å². The van der Waals surface area contributed by atoms with Gasteiger partial charge in [-0.15, -0.1) is 11.3 Å². The normalized spacial score (nSPS) is 11.9. The summed E-state index contributed by atoms with van der Waals surface area (Å²) < 4.78 is 28.4. The molecular weight excluding hydrogens is 310 g/mol. The molecule has 7 nitrogen and oxygen atoms in total. The average molecular weight is 329 g/mol. The summed E-state index contributed by atoms with van der Waals surface area (Å²) in [5.41, 5.74) is 1.67. The van der Waals surface area contributed by atoms with E-state index in [2.05, 4.69) is 27.0 Å². The lowest BCUT2D eigenvalue weighted by Gasteiger charge is -2.03. The summed E-state index contributed by atoms with van der Waals surface area (Å²) in [4.78, 5) is 4.96. The Kier molecular flexibility index (Phi) is 5.85. The number of hydrogen-bond donors (Lipinski definition) is 2. The van der Waals surface area contributed by atoms with Crippen molar-refractivity contribution in [3.63, 3.8) is 0 Å². The number of rotatable bonds is 9. The van der Waals surface area contributed by atoms with E-state index in [4.69, 9.17) is 0 Å². The van der Waals surface area contributed by atoms with E-state index in [1.165, 1.54) is 17.5 Å². The van der Waals surface area contributed by atoms with Crippen molar-refractivity contribution in [2.24, 2.45) is 0 Å². The van der Waals surface area contributed by atoms with E-state index in [0.29, 0.717) is 6.54 Å². The van der Waals surface area contributed by atoms with Gasteiger partial charge in [-0.2, -0.15) is 5.10 Å². The van der Waals surface area contributed by atoms with Gasteiger partial charge >= 0.3 is 0 Å². The summed E-state index contributed by atoms with van der Waals surface area (Å²) >= 11 is 1.41. The summed E-state index contributed by atoms with van der Waals surface area (Å²) in [6.07, 6.45) is 5.63. The maximum atomic E-state index is 12.1. The van der Waals surface area contributed by atoms with E-state index in [9.17, 15) is 8.42 Å². The van der Waals surface area contributed by atoms with Crippen LogP contribution in [0.5, 0.6) is 0 Å². The van der Waals surface area contributed by atoms with E-state index in [1.807, 2.05) is 0 Å². The highest BCUT2D eigenvalue weighted by molar-refractivity contribution is 7.89. The van der Waals surface area contributed by atoms with Gasteiger partial charge in [0.1, 0.15) is 4.90 Å². The molecule has 21 heavy (non-hydrogen) atoms. The summed E-state index contributed by atoms with van der Waals surface area (Å²) in [5, 5.41) is 7.32. The molecule has 2 N–H and O–H groups in total. The van der Waals surface area contributed by atoms with Crippen molar-refractivity contribution in [1.82, 2.24) is 24.8 Å². The predicted octanol–water partition coefficient (Wildman–Crippen LogP) is 0.818. The van der Waals surface area contributed by atoms with Gasteiger partial charge in [0, 0.05) is 30.4 Å². The fourth-order valence-corrected chi connectivity index (χ4v) is 3.26. The van der Waals surface area contributed by atoms with Crippen molar-refractivity contribution in [1.29, 1.82) is 0 Å². The molecule has 0 aliphatic heterocycles. The van der Waals surface area contributed by atoms with E-state index in [-0.39, 0.29) is 11.4 Å². The van der Waals surface area contributed by atoms with E-state index >= 15 is 0 Å².